The number of halogens is 1. The van der Waals surface area contributed by atoms with Gasteiger partial charge in [-0.15, -0.1) is 0 Å². The Balaban J connectivity index is 1.72. The van der Waals surface area contributed by atoms with Gasteiger partial charge in [0.15, 0.2) is 0 Å². The van der Waals surface area contributed by atoms with Crippen molar-refractivity contribution in [1.29, 1.82) is 0 Å². The van der Waals surface area contributed by atoms with Gasteiger partial charge in [-0.1, -0.05) is 0 Å². The van der Waals surface area contributed by atoms with E-state index in [0.717, 1.165) is 0 Å². The van der Waals surface area contributed by atoms with Crippen LogP contribution >= 0.6 is 0 Å². The van der Waals surface area contributed by atoms with Gasteiger partial charge in [-0.3, -0.25) is 0 Å². The highest BCUT2D eigenvalue weighted by molar-refractivity contribution is 7.89. The van der Waals surface area contributed by atoms with Gasteiger partial charge in [-0.25, -0.2) is 17.6 Å². The molecule has 7 nitrogen and oxygen atoms in total. The van der Waals surface area contributed by atoms with Crippen molar-refractivity contribution in [3.8, 4) is 5.75 Å². The number of sulfonamides is 1. The molecule has 0 bridgehead atoms. The van der Waals surface area contributed by atoms with Gasteiger partial charge >= 0.3 is 6.09 Å². The Morgan fingerprint density at radius 1 is 1.16 bits per heavy atom. The molecule has 0 atom stereocenters. The molecule has 1 heterocycles. The summed E-state index contributed by atoms with van der Waals surface area (Å²) in [6.45, 7) is 3.43. The normalized spacial score (nSPS) is 15.8. The van der Waals surface area contributed by atoms with Crippen LogP contribution in [0.15, 0.2) is 24.3 Å². The second kappa shape index (κ2) is 9.00. The number of carbonyl (C=O) groups is 1. The Bertz CT molecular complexity index is 658. The molecule has 1 amide bonds. The standard InChI is InChI=1S/C16H23FN2O5S/c1-2-23-16(20)18-8-10-19(11-9-18)25(21,22)13-3-12-24-15-6-4-14(17)5-7-15/h4-7H,2-3,8-13H2,1H3. The van der Waals surface area contributed by atoms with Gasteiger partial charge in [-0.05, 0) is 37.6 Å². The number of hydrogen-bond donors (Lipinski definition) is 0. The van der Waals surface area contributed by atoms with E-state index in [2.05, 4.69) is 0 Å². The Hall–Kier alpha value is -1.87. The molecule has 1 aliphatic heterocycles. The number of nitrogens with zero attached hydrogens (tertiary/aromatic N) is 2. The molecule has 9 heteroatoms. The third-order valence-corrected chi connectivity index (χ3v) is 5.74. The zero-order chi connectivity index (χ0) is 18.3. The van der Waals surface area contributed by atoms with E-state index in [9.17, 15) is 17.6 Å². The zero-order valence-electron chi connectivity index (χ0n) is 14.2. The summed E-state index contributed by atoms with van der Waals surface area (Å²) in [5.74, 6) is 0.117. The van der Waals surface area contributed by atoms with E-state index in [1.54, 1.807) is 6.92 Å². The number of piperazine rings is 1. The molecule has 1 saturated heterocycles. The molecular formula is C16H23FN2O5S. The van der Waals surface area contributed by atoms with Crippen molar-refractivity contribution in [3.63, 3.8) is 0 Å². The molecule has 1 fully saturated rings. The van der Waals surface area contributed by atoms with E-state index >= 15 is 0 Å². The molecule has 25 heavy (non-hydrogen) atoms. The first-order valence-electron chi connectivity index (χ1n) is 8.20. The van der Waals surface area contributed by atoms with E-state index in [1.165, 1.54) is 33.5 Å². The summed E-state index contributed by atoms with van der Waals surface area (Å²) in [4.78, 5) is 13.1. The third kappa shape index (κ3) is 5.86. The van der Waals surface area contributed by atoms with Crippen LogP contribution in [0.4, 0.5) is 9.18 Å². The Kier molecular flexibility index (Phi) is 7.01. The van der Waals surface area contributed by atoms with Crippen LogP contribution in [0.3, 0.4) is 0 Å². The average molecular weight is 374 g/mol. The highest BCUT2D eigenvalue weighted by Gasteiger charge is 2.28. The molecule has 1 aromatic carbocycles. The molecular weight excluding hydrogens is 351 g/mol. The fraction of sp³-hybridized carbons (Fsp3) is 0.562. The number of hydrogen-bond acceptors (Lipinski definition) is 5. The lowest BCUT2D eigenvalue weighted by Crippen LogP contribution is -2.51. The van der Waals surface area contributed by atoms with Crippen molar-refractivity contribution >= 4 is 16.1 Å². The molecule has 0 saturated carbocycles. The maximum Gasteiger partial charge on any atom is 0.409 e. The Morgan fingerprint density at radius 3 is 2.40 bits per heavy atom. The van der Waals surface area contributed by atoms with Crippen molar-refractivity contribution in [1.82, 2.24) is 9.21 Å². The fourth-order valence-electron chi connectivity index (χ4n) is 2.45. The number of ether oxygens (including phenoxy) is 2. The SMILES string of the molecule is CCOC(=O)N1CCN(S(=O)(=O)CCCOc2ccc(F)cc2)CC1. The van der Waals surface area contributed by atoms with Crippen molar-refractivity contribution in [2.75, 3.05) is 45.1 Å². The smallest absolute Gasteiger partial charge is 0.409 e. The number of benzene rings is 1. The minimum Gasteiger partial charge on any atom is -0.494 e. The molecule has 140 valence electrons. The Morgan fingerprint density at radius 2 is 1.80 bits per heavy atom. The van der Waals surface area contributed by atoms with Crippen LogP contribution in [0.2, 0.25) is 0 Å². The minimum atomic E-state index is -3.39. The van der Waals surface area contributed by atoms with Gasteiger partial charge in [0, 0.05) is 26.2 Å². The molecule has 0 spiro atoms. The van der Waals surface area contributed by atoms with Crippen LogP contribution in [0.1, 0.15) is 13.3 Å². The first kappa shape index (κ1) is 19.5. The lowest BCUT2D eigenvalue weighted by Gasteiger charge is -2.33. The van der Waals surface area contributed by atoms with Crippen LogP contribution in [-0.2, 0) is 14.8 Å². The van der Waals surface area contributed by atoms with Gasteiger partial charge in [0.25, 0.3) is 0 Å². The van der Waals surface area contributed by atoms with E-state index in [4.69, 9.17) is 9.47 Å². The molecule has 0 N–H and O–H groups in total. The van der Waals surface area contributed by atoms with Gasteiger partial charge in [0.2, 0.25) is 10.0 Å². The number of amides is 1. The van der Waals surface area contributed by atoms with Crippen LogP contribution in [0.5, 0.6) is 5.75 Å². The first-order chi connectivity index (χ1) is 11.9. The molecule has 1 aromatic rings. The summed E-state index contributed by atoms with van der Waals surface area (Å²) >= 11 is 0. The maximum absolute atomic E-state index is 12.8. The van der Waals surface area contributed by atoms with Crippen molar-refractivity contribution in [2.45, 2.75) is 13.3 Å². The van der Waals surface area contributed by atoms with E-state index in [-0.39, 0.29) is 31.3 Å². The molecule has 0 aliphatic carbocycles. The van der Waals surface area contributed by atoms with Gasteiger partial charge in [-0.2, -0.15) is 4.31 Å². The lowest BCUT2D eigenvalue weighted by molar-refractivity contribution is 0.0934. The van der Waals surface area contributed by atoms with Gasteiger partial charge < -0.3 is 14.4 Å². The third-order valence-electron chi connectivity index (χ3n) is 3.79. The maximum atomic E-state index is 12.8. The van der Waals surface area contributed by atoms with Gasteiger partial charge in [0.05, 0.1) is 19.0 Å². The number of rotatable bonds is 7. The predicted molar refractivity (Wildman–Crippen MR) is 90.5 cm³/mol. The van der Waals surface area contributed by atoms with Gasteiger partial charge in [0.1, 0.15) is 11.6 Å². The van der Waals surface area contributed by atoms with Crippen LogP contribution in [0, 0.1) is 5.82 Å². The quantitative estimate of drug-likeness (QED) is 0.679. The van der Waals surface area contributed by atoms with E-state index < -0.39 is 16.1 Å². The van der Waals surface area contributed by atoms with Crippen molar-refractivity contribution < 1.29 is 27.1 Å². The minimum absolute atomic E-state index is 0.0341. The molecule has 0 radical (unpaired) electrons. The van der Waals surface area contributed by atoms with Crippen molar-refractivity contribution in [3.05, 3.63) is 30.1 Å². The van der Waals surface area contributed by atoms with Crippen LogP contribution in [0.25, 0.3) is 0 Å². The van der Waals surface area contributed by atoms with Crippen molar-refractivity contribution in [2.24, 2.45) is 0 Å². The average Bonchev–Trinajstić information content (AvgIpc) is 2.60. The molecule has 1 aliphatic rings. The Labute approximate surface area is 147 Å². The molecule has 0 unspecified atom stereocenters. The van der Waals surface area contributed by atoms with Crippen LogP contribution < -0.4 is 4.74 Å². The summed E-state index contributed by atoms with van der Waals surface area (Å²) < 4.78 is 49.1. The van der Waals surface area contributed by atoms with Crippen LogP contribution in [-0.4, -0.2) is 68.9 Å². The summed E-state index contributed by atoms with van der Waals surface area (Å²) in [6.07, 6.45) is -0.0788. The highest BCUT2D eigenvalue weighted by atomic mass is 32.2. The molecule has 0 aromatic heterocycles. The monoisotopic (exact) mass is 374 g/mol. The second-order valence-corrected chi connectivity index (χ2v) is 7.65. The highest BCUT2D eigenvalue weighted by Crippen LogP contribution is 2.13. The first-order valence-corrected chi connectivity index (χ1v) is 9.81. The number of carbonyl (C=O) groups excluding carboxylic acids is 1. The summed E-state index contributed by atoms with van der Waals surface area (Å²) in [5.41, 5.74) is 0. The zero-order valence-corrected chi connectivity index (χ0v) is 15.0. The van der Waals surface area contributed by atoms with E-state index in [1.807, 2.05) is 0 Å². The lowest BCUT2D eigenvalue weighted by atomic mass is 10.3. The molecule has 2 rings (SSSR count). The fourth-order valence-corrected chi connectivity index (χ4v) is 3.92. The summed E-state index contributed by atoms with van der Waals surface area (Å²) in [5, 5.41) is 0. The summed E-state index contributed by atoms with van der Waals surface area (Å²) in [7, 11) is -3.39. The second-order valence-electron chi connectivity index (χ2n) is 5.56. The summed E-state index contributed by atoms with van der Waals surface area (Å²) in [6, 6.07) is 5.57. The largest absolute Gasteiger partial charge is 0.494 e. The predicted octanol–water partition coefficient (Wildman–Crippen LogP) is 1.70. The van der Waals surface area contributed by atoms with E-state index in [0.29, 0.717) is 31.9 Å². The topological polar surface area (TPSA) is 76.2 Å².